The first kappa shape index (κ1) is 22.6. The van der Waals surface area contributed by atoms with Crippen LogP contribution in [0.15, 0.2) is 47.3 Å². The number of nitrogens with one attached hydrogen (secondary N) is 2. The zero-order valence-corrected chi connectivity index (χ0v) is 19.6. The van der Waals surface area contributed by atoms with Gasteiger partial charge < -0.3 is 15.1 Å². The van der Waals surface area contributed by atoms with Crippen molar-refractivity contribution in [3.63, 3.8) is 0 Å². The van der Waals surface area contributed by atoms with Crippen LogP contribution in [0.4, 0.5) is 0 Å². The highest BCUT2D eigenvalue weighted by atomic mass is 16.3. The quantitative estimate of drug-likeness (QED) is 0.711. The standard InChI is InChI=1S/C26H35N3O3/c1-17-19(16-28-24(31)21-9-6-13-32-21)26(4)11-7-10-25(2,3)22(26)14-20(17)29-23(30)18-8-5-12-27-15-18/h5-6,8-9,12-13,15,17,19-20,22H,7,10-11,14,16H2,1-4H3,(H,28,31)(H,29,30). The molecule has 0 spiro atoms. The molecule has 5 unspecified atom stereocenters. The molecule has 0 aromatic carbocycles. The molecule has 0 bridgehead atoms. The Bertz CT molecular complexity index is 940. The van der Waals surface area contributed by atoms with Crippen molar-refractivity contribution in [1.82, 2.24) is 15.6 Å². The van der Waals surface area contributed by atoms with Gasteiger partial charge in [-0.3, -0.25) is 14.6 Å². The van der Waals surface area contributed by atoms with Crippen LogP contribution in [0.1, 0.15) is 74.3 Å². The van der Waals surface area contributed by atoms with Gasteiger partial charge in [-0.05, 0) is 72.1 Å². The Kier molecular flexibility index (Phi) is 6.15. The second kappa shape index (κ2) is 8.72. The van der Waals surface area contributed by atoms with E-state index < -0.39 is 0 Å². The number of pyridine rings is 1. The number of nitrogens with zero attached hydrogens (tertiary/aromatic N) is 1. The molecule has 2 amide bonds. The van der Waals surface area contributed by atoms with Crippen LogP contribution in [0.5, 0.6) is 0 Å². The Hall–Kier alpha value is -2.63. The molecule has 0 radical (unpaired) electrons. The molecule has 2 heterocycles. The monoisotopic (exact) mass is 437 g/mol. The summed E-state index contributed by atoms with van der Waals surface area (Å²) >= 11 is 0. The highest BCUT2D eigenvalue weighted by molar-refractivity contribution is 5.94. The van der Waals surface area contributed by atoms with Gasteiger partial charge in [0.05, 0.1) is 11.8 Å². The van der Waals surface area contributed by atoms with Crippen LogP contribution < -0.4 is 10.6 Å². The van der Waals surface area contributed by atoms with Gasteiger partial charge in [0.15, 0.2) is 5.76 Å². The van der Waals surface area contributed by atoms with Crippen LogP contribution in [0.25, 0.3) is 0 Å². The number of carbonyl (C=O) groups excluding carboxylic acids is 2. The molecule has 5 atom stereocenters. The van der Waals surface area contributed by atoms with E-state index in [-0.39, 0.29) is 40.5 Å². The van der Waals surface area contributed by atoms with E-state index in [1.165, 1.54) is 19.1 Å². The molecule has 172 valence electrons. The maximum absolute atomic E-state index is 13.0. The molecule has 2 aliphatic rings. The molecule has 2 fully saturated rings. The normalized spacial score (nSPS) is 31.4. The molecule has 2 aliphatic carbocycles. The summed E-state index contributed by atoms with van der Waals surface area (Å²) in [5.74, 6) is 1.01. The molecular formula is C26H35N3O3. The lowest BCUT2D eigenvalue weighted by atomic mass is 9.45. The van der Waals surface area contributed by atoms with Gasteiger partial charge in [0.1, 0.15) is 0 Å². The first-order chi connectivity index (χ1) is 15.2. The number of amides is 2. The van der Waals surface area contributed by atoms with E-state index >= 15 is 0 Å². The van der Waals surface area contributed by atoms with Crippen LogP contribution in [0.2, 0.25) is 0 Å². The second-order valence-corrected chi connectivity index (χ2v) is 10.6. The molecule has 4 rings (SSSR count). The maximum atomic E-state index is 13.0. The minimum Gasteiger partial charge on any atom is -0.459 e. The summed E-state index contributed by atoms with van der Waals surface area (Å²) in [7, 11) is 0. The first-order valence-electron chi connectivity index (χ1n) is 11.7. The molecule has 2 saturated carbocycles. The number of rotatable bonds is 5. The van der Waals surface area contributed by atoms with Crippen LogP contribution in [-0.2, 0) is 0 Å². The van der Waals surface area contributed by atoms with Gasteiger partial charge in [0.2, 0.25) is 0 Å². The number of hydrogen-bond acceptors (Lipinski definition) is 4. The predicted octanol–water partition coefficient (Wildman–Crippen LogP) is 4.69. The number of aromatic nitrogens is 1. The SMILES string of the molecule is CC1C(NC(=O)c2cccnc2)CC2C(C)(C)CCCC2(C)C1CNC(=O)c1ccco1. The lowest BCUT2D eigenvalue weighted by Gasteiger charge is -2.61. The summed E-state index contributed by atoms with van der Waals surface area (Å²) in [6.07, 6.45) is 9.29. The van der Waals surface area contributed by atoms with Crippen molar-refractivity contribution >= 4 is 11.8 Å². The fourth-order valence-corrected chi connectivity index (χ4v) is 6.60. The van der Waals surface area contributed by atoms with E-state index in [1.807, 2.05) is 0 Å². The third-order valence-corrected chi connectivity index (χ3v) is 8.35. The average molecular weight is 438 g/mol. The predicted molar refractivity (Wildman–Crippen MR) is 123 cm³/mol. The Morgan fingerprint density at radius 1 is 1.16 bits per heavy atom. The van der Waals surface area contributed by atoms with Crippen molar-refractivity contribution in [2.75, 3.05) is 6.54 Å². The van der Waals surface area contributed by atoms with Crippen molar-refractivity contribution in [2.24, 2.45) is 28.6 Å². The van der Waals surface area contributed by atoms with Gasteiger partial charge in [-0.25, -0.2) is 0 Å². The Labute approximate surface area is 190 Å². The zero-order valence-electron chi connectivity index (χ0n) is 19.6. The van der Waals surface area contributed by atoms with Gasteiger partial charge in [0, 0.05) is 25.0 Å². The summed E-state index contributed by atoms with van der Waals surface area (Å²) in [5.41, 5.74) is 0.875. The van der Waals surface area contributed by atoms with Gasteiger partial charge >= 0.3 is 0 Å². The third kappa shape index (κ3) is 4.19. The third-order valence-electron chi connectivity index (χ3n) is 8.35. The van der Waals surface area contributed by atoms with E-state index in [9.17, 15) is 9.59 Å². The number of furan rings is 1. The molecule has 6 nitrogen and oxygen atoms in total. The van der Waals surface area contributed by atoms with Crippen LogP contribution in [0, 0.1) is 28.6 Å². The summed E-state index contributed by atoms with van der Waals surface area (Å²) in [4.78, 5) is 29.7. The summed E-state index contributed by atoms with van der Waals surface area (Å²) < 4.78 is 5.27. The molecule has 6 heteroatoms. The summed E-state index contributed by atoms with van der Waals surface area (Å²) in [6.45, 7) is 9.93. The van der Waals surface area contributed by atoms with Crippen molar-refractivity contribution in [2.45, 2.75) is 59.4 Å². The van der Waals surface area contributed by atoms with Gasteiger partial charge in [-0.1, -0.05) is 34.1 Å². The highest BCUT2D eigenvalue weighted by Crippen LogP contribution is 2.60. The Morgan fingerprint density at radius 3 is 2.66 bits per heavy atom. The highest BCUT2D eigenvalue weighted by Gasteiger charge is 2.56. The van der Waals surface area contributed by atoms with E-state index in [1.54, 1.807) is 36.7 Å². The van der Waals surface area contributed by atoms with E-state index in [2.05, 4.69) is 43.3 Å². The lowest BCUT2D eigenvalue weighted by Crippen LogP contribution is -2.60. The minimum absolute atomic E-state index is 0.0451. The average Bonchev–Trinajstić information content (AvgIpc) is 3.30. The first-order valence-corrected chi connectivity index (χ1v) is 11.7. The minimum atomic E-state index is -0.182. The number of fused-ring (bicyclic) bond motifs is 1. The van der Waals surface area contributed by atoms with Crippen molar-refractivity contribution < 1.29 is 14.0 Å². The fraction of sp³-hybridized carbons (Fsp3) is 0.577. The molecule has 32 heavy (non-hydrogen) atoms. The maximum Gasteiger partial charge on any atom is 0.286 e. The van der Waals surface area contributed by atoms with Gasteiger partial charge in [0.25, 0.3) is 11.8 Å². The molecule has 2 aromatic rings. The van der Waals surface area contributed by atoms with Crippen molar-refractivity contribution in [3.8, 4) is 0 Å². The van der Waals surface area contributed by atoms with E-state index in [0.29, 0.717) is 23.8 Å². The summed E-state index contributed by atoms with van der Waals surface area (Å²) in [6, 6.07) is 7.04. The van der Waals surface area contributed by atoms with E-state index in [0.717, 1.165) is 12.8 Å². The lowest BCUT2D eigenvalue weighted by molar-refractivity contribution is -0.102. The molecule has 0 saturated heterocycles. The van der Waals surface area contributed by atoms with Crippen LogP contribution >= 0.6 is 0 Å². The molecular weight excluding hydrogens is 402 g/mol. The summed E-state index contributed by atoms with van der Waals surface area (Å²) in [5, 5.41) is 6.43. The van der Waals surface area contributed by atoms with Crippen molar-refractivity contribution in [1.29, 1.82) is 0 Å². The number of hydrogen-bond donors (Lipinski definition) is 2. The van der Waals surface area contributed by atoms with E-state index in [4.69, 9.17) is 4.42 Å². The smallest absolute Gasteiger partial charge is 0.286 e. The number of carbonyl (C=O) groups is 2. The van der Waals surface area contributed by atoms with Gasteiger partial charge in [-0.15, -0.1) is 0 Å². The fourth-order valence-electron chi connectivity index (χ4n) is 6.60. The largest absolute Gasteiger partial charge is 0.459 e. The molecule has 2 aromatic heterocycles. The molecule has 0 aliphatic heterocycles. The topological polar surface area (TPSA) is 84.2 Å². The van der Waals surface area contributed by atoms with Crippen molar-refractivity contribution in [3.05, 3.63) is 54.2 Å². The Balaban J connectivity index is 1.58. The van der Waals surface area contributed by atoms with Crippen LogP contribution in [-0.4, -0.2) is 29.4 Å². The van der Waals surface area contributed by atoms with Crippen LogP contribution in [0.3, 0.4) is 0 Å². The van der Waals surface area contributed by atoms with Gasteiger partial charge in [-0.2, -0.15) is 0 Å². The molecule has 2 N–H and O–H groups in total. The Morgan fingerprint density at radius 2 is 1.97 bits per heavy atom. The second-order valence-electron chi connectivity index (χ2n) is 10.6. The zero-order chi connectivity index (χ0) is 22.9.